The van der Waals surface area contributed by atoms with Crippen LogP contribution in [-0.4, -0.2) is 9.97 Å². The fraction of sp³-hybridized carbons (Fsp3) is 0.111. The van der Waals surface area contributed by atoms with Gasteiger partial charge in [0.25, 0.3) is 0 Å². The van der Waals surface area contributed by atoms with Gasteiger partial charge in [-0.15, -0.1) is 0 Å². The van der Waals surface area contributed by atoms with Gasteiger partial charge >= 0.3 is 0 Å². The van der Waals surface area contributed by atoms with Crippen LogP contribution in [0.5, 0.6) is 0 Å². The average molecular weight is 226 g/mol. The molecule has 0 atom stereocenters. The Kier molecular flexibility index (Phi) is 1.16. The van der Waals surface area contributed by atoms with Crippen molar-refractivity contribution < 1.29 is 4.11 Å². The van der Waals surface area contributed by atoms with Crippen molar-refractivity contribution in [2.75, 3.05) is 0 Å². The van der Waals surface area contributed by atoms with Crippen LogP contribution in [0.3, 0.4) is 0 Å². The molecule has 0 fully saturated rings. The van der Waals surface area contributed by atoms with E-state index in [0.717, 1.165) is 4.47 Å². The van der Waals surface area contributed by atoms with Crippen molar-refractivity contribution in [2.24, 2.45) is 0 Å². The molecule has 0 bridgehead atoms. The van der Waals surface area contributed by atoms with E-state index in [1.54, 1.807) is 12.1 Å². The van der Waals surface area contributed by atoms with Crippen LogP contribution >= 0.6 is 15.9 Å². The molecule has 0 amide bonds. The zero-order chi connectivity index (χ0) is 11.1. The van der Waals surface area contributed by atoms with Gasteiger partial charge in [0.2, 0.25) is 0 Å². The molecule has 3 heteroatoms. The number of halogens is 1. The quantitative estimate of drug-likeness (QED) is 0.690. The SMILES string of the molecule is [2H]C([2H])([2H])c1cnc2ccc(Br)cc2n1. The van der Waals surface area contributed by atoms with Crippen LogP contribution in [-0.2, 0) is 0 Å². The maximum Gasteiger partial charge on any atom is 0.0901 e. The molecular formula is C9H7BrN2. The van der Waals surface area contributed by atoms with Crippen LogP contribution in [0.2, 0.25) is 0 Å². The lowest BCUT2D eigenvalue weighted by Gasteiger charge is -1.97. The normalized spacial score (nSPS) is 15.2. The number of hydrogen-bond acceptors (Lipinski definition) is 2. The molecule has 1 heterocycles. The van der Waals surface area contributed by atoms with Gasteiger partial charge in [-0.1, -0.05) is 15.9 Å². The average Bonchev–Trinajstić information content (AvgIpc) is 2.15. The van der Waals surface area contributed by atoms with E-state index in [1.165, 1.54) is 6.20 Å². The predicted octanol–water partition coefficient (Wildman–Crippen LogP) is 2.70. The molecule has 12 heavy (non-hydrogen) atoms. The molecule has 0 aliphatic rings. The summed E-state index contributed by atoms with van der Waals surface area (Å²) in [6, 6.07) is 5.37. The van der Waals surface area contributed by atoms with Crippen molar-refractivity contribution in [2.45, 2.75) is 6.85 Å². The Labute approximate surface area is 83.0 Å². The van der Waals surface area contributed by atoms with E-state index in [4.69, 9.17) is 4.11 Å². The van der Waals surface area contributed by atoms with Gasteiger partial charge in [0.15, 0.2) is 0 Å². The second-order valence-corrected chi connectivity index (χ2v) is 3.30. The minimum atomic E-state index is -2.20. The highest BCUT2D eigenvalue weighted by Gasteiger charge is 1.96. The van der Waals surface area contributed by atoms with E-state index >= 15 is 0 Å². The minimum absolute atomic E-state index is 0.0214. The second kappa shape index (κ2) is 2.83. The zero-order valence-corrected chi connectivity index (χ0v) is 7.67. The fourth-order valence-electron chi connectivity index (χ4n) is 0.985. The van der Waals surface area contributed by atoms with Crippen LogP contribution in [0.15, 0.2) is 28.9 Å². The van der Waals surface area contributed by atoms with Crippen molar-refractivity contribution in [3.05, 3.63) is 34.6 Å². The number of fused-ring (bicyclic) bond motifs is 1. The van der Waals surface area contributed by atoms with Gasteiger partial charge < -0.3 is 0 Å². The maximum atomic E-state index is 7.22. The molecule has 0 N–H and O–H groups in total. The van der Waals surface area contributed by atoms with Crippen molar-refractivity contribution in [3.63, 3.8) is 0 Å². The largest absolute Gasteiger partial charge is 0.253 e. The fourth-order valence-corrected chi connectivity index (χ4v) is 1.33. The summed E-state index contributed by atoms with van der Waals surface area (Å²) in [5, 5.41) is 0. The first-order valence-corrected chi connectivity index (χ1v) is 4.19. The molecule has 2 rings (SSSR count). The molecule has 1 aromatic carbocycles. The molecule has 0 aliphatic heterocycles. The maximum absolute atomic E-state index is 7.22. The molecule has 2 nitrogen and oxygen atoms in total. The molecule has 1 aromatic heterocycles. The van der Waals surface area contributed by atoms with Gasteiger partial charge in [-0.25, -0.2) is 4.98 Å². The smallest absolute Gasteiger partial charge is 0.0901 e. The molecule has 0 radical (unpaired) electrons. The number of aryl methyl sites for hydroxylation is 1. The summed E-state index contributed by atoms with van der Waals surface area (Å²) in [6.45, 7) is -2.20. The lowest BCUT2D eigenvalue weighted by atomic mass is 10.3. The molecule has 0 saturated heterocycles. The monoisotopic (exact) mass is 225 g/mol. The summed E-state index contributed by atoms with van der Waals surface area (Å²) >= 11 is 3.30. The third kappa shape index (κ3) is 1.32. The highest BCUT2D eigenvalue weighted by atomic mass is 79.9. The van der Waals surface area contributed by atoms with Crippen LogP contribution in [0.1, 0.15) is 9.81 Å². The molecule has 2 aromatic rings. The van der Waals surface area contributed by atoms with E-state index in [0.29, 0.717) is 11.0 Å². The van der Waals surface area contributed by atoms with Crippen LogP contribution in [0, 0.1) is 6.85 Å². The first kappa shape index (κ1) is 4.92. The van der Waals surface area contributed by atoms with Gasteiger partial charge in [-0.3, -0.25) is 4.98 Å². The van der Waals surface area contributed by atoms with E-state index in [2.05, 4.69) is 25.9 Å². The summed E-state index contributed by atoms with van der Waals surface area (Å²) < 4.78 is 22.5. The zero-order valence-electron chi connectivity index (χ0n) is 9.08. The van der Waals surface area contributed by atoms with E-state index in [9.17, 15) is 0 Å². The van der Waals surface area contributed by atoms with E-state index < -0.39 is 6.85 Å². The minimum Gasteiger partial charge on any atom is -0.253 e. The predicted molar refractivity (Wildman–Crippen MR) is 52.0 cm³/mol. The highest BCUT2D eigenvalue weighted by molar-refractivity contribution is 9.10. The first-order chi connectivity index (χ1) is 6.97. The number of hydrogen-bond donors (Lipinski definition) is 0. The first-order valence-electron chi connectivity index (χ1n) is 4.89. The van der Waals surface area contributed by atoms with Crippen molar-refractivity contribution >= 4 is 27.0 Å². The highest BCUT2D eigenvalue weighted by Crippen LogP contribution is 2.15. The summed E-state index contributed by atoms with van der Waals surface area (Å²) in [4.78, 5) is 8.10. The third-order valence-electron chi connectivity index (χ3n) is 1.50. The van der Waals surface area contributed by atoms with Crippen LogP contribution < -0.4 is 0 Å². The molecule has 0 unspecified atom stereocenters. The van der Waals surface area contributed by atoms with E-state index in [-0.39, 0.29) is 5.69 Å². The molecule has 60 valence electrons. The molecule has 0 saturated carbocycles. The molecule has 0 aliphatic carbocycles. The van der Waals surface area contributed by atoms with Crippen molar-refractivity contribution in [1.82, 2.24) is 9.97 Å². The summed E-state index contributed by atoms with van der Waals surface area (Å²) in [6.07, 6.45) is 1.29. The van der Waals surface area contributed by atoms with Gasteiger partial charge in [0.1, 0.15) is 0 Å². The summed E-state index contributed by atoms with van der Waals surface area (Å²) in [7, 11) is 0. The molecule has 0 spiro atoms. The summed E-state index contributed by atoms with van der Waals surface area (Å²) in [5.41, 5.74) is 1.29. The van der Waals surface area contributed by atoms with Gasteiger partial charge in [0, 0.05) is 14.8 Å². The van der Waals surface area contributed by atoms with Crippen LogP contribution in [0.25, 0.3) is 11.0 Å². The Morgan fingerprint density at radius 2 is 2.33 bits per heavy atom. The Morgan fingerprint density at radius 3 is 3.17 bits per heavy atom. The topological polar surface area (TPSA) is 25.8 Å². The lowest BCUT2D eigenvalue weighted by molar-refractivity contribution is 1.18. The molecular weight excluding hydrogens is 216 g/mol. The van der Waals surface area contributed by atoms with Crippen LogP contribution in [0.4, 0.5) is 0 Å². The number of rotatable bonds is 0. The van der Waals surface area contributed by atoms with Gasteiger partial charge in [-0.05, 0) is 25.1 Å². The second-order valence-electron chi connectivity index (χ2n) is 2.39. The standard InChI is InChI=1S/C9H7BrN2/c1-6-5-11-8-3-2-7(10)4-9(8)12-6/h2-5H,1H3/i1D3. The Morgan fingerprint density at radius 1 is 1.42 bits per heavy atom. The Hall–Kier alpha value is -0.960. The third-order valence-corrected chi connectivity index (χ3v) is 2.00. The Bertz CT molecular complexity index is 510. The van der Waals surface area contributed by atoms with Crippen molar-refractivity contribution in [1.29, 1.82) is 0 Å². The number of nitrogens with zero attached hydrogens (tertiary/aromatic N) is 2. The lowest BCUT2D eigenvalue weighted by Crippen LogP contribution is -1.86. The van der Waals surface area contributed by atoms with Gasteiger partial charge in [0.05, 0.1) is 16.7 Å². The number of aromatic nitrogens is 2. The van der Waals surface area contributed by atoms with Gasteiger partial charge in [-0.2, -0.15) is 0 Å². The summed E-state index contributed by atoms with van der Waals surface area (Å²) in [5.74, 6) is 0. The Balaban J connectivity index is 2.64. The van der Waals surface area contributed by atoms with Crippen molar-refractivity contribution in [3.8, 4) is 0 Å². The number of benzene rings is 1. The van der Waals surface area contributed by atoms with E-state index in [1.807, 2.05) is 6.07 Å².